The first-order valence-corrected chi connectivity index (χ1v) is 12.2. The van der Waals surface area contributed by atoms with Crippen LogP contribution in [0.4, 0.5) is 4.79 Å². The summed E-state index contributed by atoms with van der Waals surface area (Å²) in [5, 5.41) is 6.65. The second kappa shape index (κ2) is 10.1. The van der Waals surface area contributed by atoms with E-state index in [1.807, 2.05) is 6.92 Å². The predicted octanol–water partition coefficient (Wildman–Crippen LogP) is 3.16. The van der Waals surface area contributed by atoms with Crippen molar-refractivity contribution in [3.05, 3.63) is 0 Å². The maximum absolute atomic E-state index is 12.5. The highest BCUT2D eigenvalue weighted by Crippen LogP contribution is 2.26. The normalized spacial score (nSPS) is 32.7. The Morgan fingerprint density at radius 1 is 0.962 bits per heavy atom. The Hall–Kier alpha value is -0.620. The molecule has 3 fully saturated rings. The molecule has 0 radical (unpaired) electrons. The zero-order valence-electron chi connectivity index (χ0n) is 16.4. The number of urea groups is 1. The van der Waals surface area contributed by atoms with Gasteiger partial charge in [-0.2, -0.15) is 0 Å². The van der Waals surface area contributed by atoms with Crippen LogP contribution in [0.15, 0.2) is 0 Å². The molecule has 3 rings (SSSR count). The summed E-state index contributed by atoms with van der Waals surface area (Å²) in [4.78, 5) is 15.1. The fourth-order valence-electron chi connectivity index (χ4n) is 5.07. The smallest absolute Gasteiger partial charge is 0.315 e. The Kier molecular flexibility index (Phi) is 7.79. The minimum atomic E-state index is -0.741. The van der Waals surface area contributed by atoms with Crippen molar-refractivity contribution in [2.24, 2.45) is 0 Å². The van der Waals surface area contributed by atoms with Crippen molar-refractivity contribution >= 4 is 16.8 Å². The molecule has 2 aliphatic carbocycles. The molecule has 1 saturated heterocycles. The fourth-order valence-corrected chi connectivity index (χ4v) is 6.41. The molecule has 0 unspecified atom stereocenters. The molecule has 0 spiro atoms. The highest BCUT2D eigenvalue weighted by Gasteiger charge is 2.29. The molecule has 26 heavy (non-hydrogen) atoms. The van der Waals surface area contributed by atoms with Crippen LogP contribution >= 0.6 is 0 Å². The predicted molar refractivity (Wildman–Crippen MR) is 108 cm³/mol. The van der Waals surface area contributed by atoms with E-state index in [0.29, 0.717) is 0 Å². The average molecular weight is 384 g/mol. The van der Waals surface area contributed by atoms with E-state index in [9.17, 15) is 9.00 Å². The van der Waals surface area contributed by atoms with Crippen molar-refractivity contribution in [3.63, 3.8) is 0 Å². The molecule has 1 heterocycles. The molecule has 3 aliphatic rings. The summed E-state index contributed by atoms with van der Waals surface area (Å²) in [6.07, 6.45) is 13.0. The zero-order valence-corrected chi connectivity index (χ0v) is 17.2. The van der Waals surface area contributed by atoms with E-state index in [1.165, 1.54) is 45.1 Å². The minimum absolute atomic E-state index is 0.0200. The lowest BCUT2D eigenvalue weighted by Gasteiger charge is -2.40. The number of carbonyl (C=O) groups excluding carboxylic acids is 1. The standard InChI is InChI=1S/C20H37N3O2S/c1-2-26(25)19-12-6-8-16(14-19)21-20(24)22-17-9-7-13-23(15-17)18-10-4-3-5-11-18/h16-19H,2-15H2,1H3,(H2,21,22,24)/t16-,17+,19-,26+/m1/s1. The number of amides is 2. The lowest BCUT2D eigenvalue weighted by molar-refractivity contribution is 0.111. The van der Waals surface area contributed by atoms with Crippen LogP contribution in [-0.2, 0) is 10.8 Å². The Bertz CT molecular complexity index is 482. The van der Waals surface area contributed by atoms with E-state index >= 15 is 0 Å². The molecule has 2 N–H and O–H groups in total. The average Bonchev–Trinajstić information content (AvgIpc) is 2.68. The summed E-state index contributed by atoms with van der Waals surface area (Å²) in [6, 6.07) is 1.17. The summed E-state index contributed by atoms with van der Waals surface area (Å²) >= 11 is 0. The number of nitrogens with one attached hydrogen (secondary N) is 2. The SMILES string of the molecule is CC[S@](=O)[C@@H]1CCC[C@@H](NC(=O)N[C@H]2CCCN(C3CCCCC3)C2)C1. The number of carbonyl (C=O) groups is 1. The number of likely N-dealkylation sites (tertiary alicyclic amines) is 1. The molecule has 0 aromatic rings. The summed E-state index contributed by atoms with van der Waals surface area (Å²) in [6.45, 7) is 4.18. The molecule has 6 heteroatoms. The van der Waals surface area contributed by atoms with Gasteiger partial charge in [-0.1, -0.05) is 32.6 Å². The van der Waals surface area contributed by atoms with Gasteiger partial charge in [-0.3, -0.25) is 9.11 Å². The van der Waals surface area contributed by atoms with Gasteiger partial charge in [-0.15, -0.1) is 0 Å². The van der Waals surface area contributed by atoms with Crippen LogP contribution in [0.5, 0.6) is 0 Å². The summed E-state index contributed by atoms with van der Waals surface area (Å²) in [7, 11) is -0.741. The first-order valence-electron chi connectivity index (χ1n) is 10.8. The molecular formula is C20H37N3O2S. The lowest BCUT2D eigenvalue weighted by atomic mass is 9.92. The second-order valence-electron chi connectivity index (χ2n) is 8.40. The highest BCUT2D eigenvalue weighted by molar-refractivity contribution is 7.85. The van der Waals surface area contributed by atoms with Gasteiger partial charge in [0.15, 0.2) is 0 Å². The summed E-state index contributed by atoms with van der Waals surface area (Å²) in [5.41, 5.74) is 0. The van der Waals surface area contributed by atoms with Crippen LogP contribution in [-0.4, -0.2) is 57.4 Å². The van der Waals surface area contributed by atoms with Gasteiger partial charge in [0, 0.05) is 46.5 Å². The third kappa shape index (κ3) is 5.69. The van der Waals surface area contributed by atoms with Gasteiger partial charge in [0.2, 0.25) is 0 Å². The topological polar surface area (TPSA) is 61.4 Å². The van der Waals surface area contributed by atoms with Crippen LogP contribution in [0.1, 0.15) is 77.6 Å². The number of hydrogen-bond acceptors (Lipinski definition) is 3. The molecule has 1 aliphatic heterocycles. The van der Waals surface area contributed by atoms with Gasteiger partial charge in [0.25, 0.3) is 0 Å². The molecule has 2 amide bonds. The highest BCUT2D eigenvalue weighted by atomic mass is 32.2. The minimum Gasteiger partial charge on any atom is -0.335 e. The van der Waals surface area contributed by atoms with Crippen molar-refractivity contribution < 1.29 is 9.00 Å². The third-order valence-corrected chi connectivity index (χ3v) is 8.24. The Balaban J connectivity index is 1.43. The monoisotopic (exact) mass is 383 g/mol. The first kappa shape index (κ1) is 20.1. The van der Waals surface area contributed by atoms with Crippen molar-refractivity contribution in [3.8, 4) is 0 Å². The largest absolute Gasteiger partial charge is 0.335 e. The van der Waals surface area contributed by atoms with Gasteiger partial charge in [0.1, 0.15) is 0 Å². The maximum atomic E-state index is 12.5. The quantitative estimate of drug-likeness (QED) is 0.767. The molecule has 4 atom stereocenters. The van der Waals surface area contributed by atoms with E-state index in [1.54, 1.807) is 0 Å². The Morgan fingerprint density at radius 3 is 2.46 bits per heavy atom. The van der Waals surface area contributed by atoms with E-state index in [4.69, 9.17) is 0 Å². The van der Waals surface area contributed by atoms with Crippen LogP contribution in [0.3, 0.4) is 0 Å². The lowest BCUT2D eigenvalue weighted by Crippen LogP contribution is -2.54. The molecular weight excluding hydrogens is 346 g/mol. The molecule has 0 aromatic heterocycles. The van der Waals surface area contributed by atoms with Crippen molar-refractivity contribution in [2.45, 2.75) is 101 Å². The summed E-state index contributed by atoms with van der Waals surface area (Å²) < 4.78 is 12.1. The zero-order chi connectivity index (χ0) is 18.4. The van der Waals surface area contributed by atoms with E-state index in [-0.39, 0.29) is 23.4 Å². The third-order valence-electron chi connectivity index (χ3n) is 6.50. The molecule has 5 nitrogen and oxygen atoms in total. The van der Waals surface area contributed by atoms with Crippen LogP contribution in [0, 0.1) is 0 Å². The van der Waals surface area contributed by atoms with Crippen molar-refractivity contribution in [2.75, 3.05) is 18.8 Å². The fraction of sp³-hybridized carbons (Fsp3) is 0.950. The number of piperidine rings is 1. The molecule has 150 valence electrons. The van der Waals surface area contributed by atoms with Gasteiger partial charge >= 0.3 is 6.03 Å². The van der Waals surface area contributed by atoms with Crippen LogP contribution in [0.2, 0.25) is 0 Å². The van der Waals surface area contributed by atoms with E-state index in [2.05, 4.69) is 15.5 Å². The van der Waals surface area contributed by atoms with Gasteiger partial charge in [-0.25, -0.2) is 4.79 Å². The second-order valence-corrected chi connectivity index (χ2v) is 10.4. The van der Waals surface area contributed by atoms with Crippen molar-refractivity contribution in [1.29, 1.82) is 0 Å². The number of hydrogen-bond donors (Lipinski definition) is 2. The summed E-state index contributed by atoms with van der Waals surface area (Å²) in [5.74, 6) is 0.725. The molecule has 0 aromatic carbocycles. The number of rotatable bonds is 5. The van der Waals surface area contributed by atoms with Gasteiger partial charge in [0.05, 0.1) is 0 Å². The van der Waals surface area contributed by atoms with E-state index < -0.39 is 10.8 Å². The van der Waals surface area contributed by atoms with Crippen LogP contribution in [0.25, 0.3) is 0 Å². The Morgan fingerprint density at radius 2 is 1.69 bits per heavy atom. The molecule has 2 saturated carbocycles. The van der Waals surface area contributed by atoms with E-state index in [0.717, 1.165) is 50.4 Å². The van der Waals surface area contributed by atoms with Gasteiger partial charge < -0.3 is 10.6 Å². The Labute approximate surface area is 161 Å². The molecule has 0 bridgehead atoms. The maximum Gasteiger partial charge on any atom is 0.315 e. The van der Waals surface area contributed by atoms with Crippen molar-refractivity contribution in [1.82, 2.24) is 15.5 Å². The van der Waals surface area contributed by atoms with Gasteiger partial charge in [-0.05, 0) is 51.5 Å². The van der Waals surface area contributed by atoms with Crippen LogP contribution < -0.4 is 10.6 Å². The first-order chi connectivity index (χ1) is 12.7. The number of nitrogens with zero attached hydrogens (tertiary/aromatic N) is 1.